The van der Waals surface area contributed by atoms with E-state index in [0.29, 0.717) is 28.5 Å². The van der Waals surface area contributed by atoms with Gasteiger partial charge in [-0.1, -0.05) is 23.7 Å². The molecule has 2 rings (SSSR count). The summed E-state index contributed by atoms with van der Waals surface area (Å²) in [6.07, 6.45) is 0.539. The summed E-state index contributed by atoms with van der Waals surface area (Å²) in [6, 6.07) is 9.47. The zero-order chi connectivity index (χ0) is 13.1. The van der Waals surface area contributed by atoms with Crippen LogP contribution in [-0.4, -0.2) is 9.97 Å². The van der Waals surface area contributed by atoms with Gasteiger partial charge in [0.1, 0.15) is 23.3 Å². The van der Waals surface area contributed by atoms with Crippen molar-refractivity contribution in [1.82, 2.24) is 9.97 Å². The minimum absolute atomic E-state index is 0.224. The average Bonchev–Trinajstić information content (AvgIpc) is 2.28. The Balaban J connectivity index is 2.34. The van der Waals surface area contributed by atoms with E-state index in [4.69, 9.17) is 22.6 Å². The molecule has 18 heavy (non-hydrogen) atoms. The lowest BCUT2D eigenvalue weighted by Crippen LogP contribution is -2.06. The van der Waals surface area contributed by atoms with E-state index in [1.807, 2.05) is 30.3 Å². The highest BCUT2D eigenvalue weighted by molar-refractivity contribution is 6.30. The van der Waals surface area contributed by atoms with Gasteiger partial charge in [-0.3, -0.25) is 0 Å². The monoisotopic (exact) mass is 258 g/mol. The van der Waals surface area contributed by atoms with Gasteiger partial charge in [0, 0.05) is 11.4 Å². The van der Waals surface area contributed by atoms with Crippen LogP contribution < -0.4 is 5.73 Å². The molecule has 5 heteroatoms. The van der Waals surface area contributed by atoms with E-state index in [2.05, 4.69) is 9.97 Å². The molecule has 0 unspecified atom stereocenters. The standard InChI is InChI=1S/C13H11ClN4/c1-8-11(7-15)13(16)18-12(17-8)6-9-3-2-4-10(14)5-9/h2-5H,6H2,1H3,(H2,16,17,18). The molecule has 0 saturated heterocycles. The fraction of sp³-hybridized carbons (Fsp3) is 0.154. The summed E-state index contributed by atoms with van der Waals surface area (Å²) >= 11 is 5.91. The van der Waals surface area contributed by atoms with Crippen molar-refractivity contribution in [3.05, 3.63) is 51.9 Å². The first-order valence-electron chi connectivity index (χ1n) is 5.37. The predicted octanol–water partition coefficient (Wildman–Crippen LogP) is 2.48. The third kappa shape index (κ3) is 2.58. The van der Waals surface area contributed by atoms with Crippen molar-refractivity contribution in [2.24, 2.45) is 0 Å². The molecule has 0 aliphatic rings. The number of anilines is 1. The van der Waals surface area contributed by atoms with Crippen LogP contribution in [0.2, 0.25) is 5.02 Å². The number of nitrogen functional groups attached to an aromatic ring is 1. The minimum Gasteiger partial charge on any atom is -0.382 e. The van der Waals surface area contributed by atoms with Gasteiger partial charge in [0.25, 0.3) is 0 Å². The smallest absolute Gasteiger partial charge is 0.145 e. The first kappa shape index (κ1) is 12.3. The van der Waals surface area contributed by atoms with Gasteiger partial charge in [-0.25, -0.2) is 9.97 Å². The molecule has 0 bridgehead atoms. The SMILES string of the molecule is Cc1nc(Cc2cccc(Cl)c2)nc(N)c1C#N. The lowest BCUT2D eigenvalue weighted by Gasteiger charge is -2.05. The summed E-state index contributed by atoms with van der Waals surface area (Å²) in [6.45, 7) is 1.75. The summed E-state index contributed by atoms with van der Waals surface area (Å²) in [5.74, 6) is 0.813. The minimum atomic E-state index is 0.224. The van der Waals surface area contributed by atoms with Gasteiger partial charge in [0.15, 0.2) is 0 Å². The zero-order valence-electron chi connectivity index (χ0n) is 9.81. The number of nitrogens with zero attached hydrogens (tertiary/aromatic N) is 3. The Morgan fingerprint density at radius 3 is 2.78 bits per heavy atom. The van der Waals surface area contributed by atoms with E-state index >= 15 is 0 Å². The van der Waals surface area contributed by atoms with Crippen molar-refractivity contribution >= 4 is 17.4 Å². The Hall–Kier alpha value is -2.12. The third-order valence-electron chi connectivity index (χ3n) is 2.53. The van der Waals surface area contributed by atoms with Gasteiger partial charge in [-0.05, 0) is 24.6 Å². The van der Waals surface area contributed by atoms with E-state index in [1.54, 1.807) is 6.92 Å². The lowest BCUT2D eigenvalue weighted by atomic mass is 10.1. The van der Waals surface area contributed by atoms with E-state index in [-0.39, 0.29) is 5.82 Å². The predicted molar refractivity (Wildman–Crippen MR) is 70.2 cm³/mol. The average molecular weight is 259 g/mol. The third-order valence-corrected chi connectivity index (χ3v) is 2.76. The molecule has 90 valence electrons. The zero-order valence-corrected chi connectivity index (χ0v) is 10.6. The second kappa shape index (κ2) is 5.03. The Bertz CT molecular complexity index is 608. The van der Waals surface area contributed by atoms with Gasteiger partial charge < -0.3 is 5.73 Å². The molecule has 1 aromatic carbocycles. The Labute approximate surface area is 110 Å². The molecule has 2 aromatic rings. The topological polar surface area (TPSA) is 75.6 Å². The molecule has 4 nitrogen and oxygen atoms in total. The van der Waals surface area contributed by atoms with Gasteiger partial charge in [-0.2, -0.15) is 5.26 Å². The number of hydrogen-bond donors (Lipinski definition) is 1. The summed E-state index contributed by atoms with van der Waals surface area (Å²) in [5, 5.41) is 9.56. The first-order chi connectivity index (χ1) is 8.60. The van der Waals surface area contributed by atoms with Gasteiger partial charge in [-0.15, -0.1) is 0 Å². The van der Waals surface area contributed by atoms with Crippen LogP contribution in [0.1, 0.15) is 22.6 Å². The van der Waals surface area contributed by atoms with E-state index in [9.17, 15) is 0 Å². The molecule has 1 aromatic heterocycles. The van der Waals surface area contributed by atoms with Crippen molar-refractivity contribution in [3.8, 4) is 6.07 Å². The highest BCUT2D eigenvalue weighted by Gasteiger charge is 2.09. The molecule has 0 amide bonds. The van der Waals surface area contributed by atoms with E-state index in [1.165, 1.54) is 0 Å². The van der Waals surface area contributed by atoms with Crippen molar-refractivity contribution in [1.29, 1.82) is 5.26 Å². The number of aryl methyl sites for hydroxylation is 1. The number of nitriles is 1. The number of aromatic nitrogens is 2. The van der Waals surface area contributed by atoms with Crippen LogP contribution in [0.5, 0.6) is 0 Å². The van der Waals surface area contributed by atoms with Gasteiger partial charge in [0.2, 0.25) is 0 Å². The first-order valence-corrected chi connectivity index (χ1v) is 5.75. The summed E-state index contributed by atoms with van der Waals surface area (Å²) in [4.78, 5) is 8.40. The summed E-state index contributed by atoms with van der Waals surface area (Å²) in [7, 11) is 0. The molecule has 0 aliphatic heterocycles. The van der Waals surface area contributed by atoms with Gasteiger partial charge >= 0.3 is 0 Å². The Kier molecular flexibility index (Phi) is 3.45. The van der Waals surface area contributed by atoms with Crippen LogP contribution in [0.15, 0.2) is 24.3 Å². The molecule has 0 atom stereocenters. The van der Waals surface area contributed by atoms with Crippen LogP contribution in [-0.2, 0) is 6.42 Å². The maximum atomic E-state index is 8.89. The van der Waals surface area contributed by atoms with E-state index < -0.39 is 0 Å². The normalized spacial score (nSPS) is 10.1. The second-order valence-corrected chi connectivity index (χ2v) is 4.34. The van der Waals surface area contributed by atoms with Crippen LogP contribution in [0.4, 0.5) is 5.82 Å². The quantitative estimate of drug-likeness (QED) is 0.898. The van der Waals surface area contributed by atoms with Crippen LogP contribution in [0.25, 0.3) is 0 Å². The molecule has 0 saturated carbocycles. The van der Waals surface area contributed by atoms with Crippen molar-refractivity contribution in [2.75, 3.05) is 5.73 Å². The van der Waals surface area contributed by atoms with Crippen LogP contribution in [0, 0.1) is 18.3 Å². The highest BCUT2D eigenvalue weighted by Crippen LogP contribution is 2.16. The molecule has 0 fully saturated rings. The van der Waals surface area contributed by atoms with Gasteiger partial charge in [0.05, 0.1) is 5.69 Å². The molecule has 2 N–H and O–H groups in total. The maximum absolute atomic E-state index is 8.89. The lowest BCUT2D eigenvalue weighted by molar-refractivity contribution is 0.943. The highest BCUT2D eigenvalue weighted by atomic mass is 35.5. The number of halogens is 1. The summed E-state index contributed by atoms with van der Waals surface area (Å²) < 4.78 is 0. The maximum Gasteiger partial charge on any atom is 0.145 e. The number of rotatable bonds is 2. The largest absolute Gasteiger partial charge is 0.382 e. The fourth-order valence-electron chi connectivity index (χ4n) is 1.70. The van der Waals surface area contributed by atoms with Crippen molar-refractivity contribution < 1.29 is 0 Å². The van der Waals surface area contributed by atoms with E-state index in [0.717, 1.165) is 5.56 Å². The van der Waals surface area contributed by atoms with Crippen LogP contribution in [0.3, 0.4) is 0 Å². The molecular weight excluding hydrogens is 248 g/mol. The second-order valence-electron chi connectivity index (χ2n) is 3.90. The Morgan fingerprint density at radius 1 is 1.39 bits per heavy atom. The Morgan fingerprint density at radius 2 is 2.17 bits per heavy atom. The molecular formula is C13H11ClN4. The molecule has 0 spiro atoms. The number of benzene rings is 1. The molecule has 0 radical (unpaired) electrons. The van der Waals surface area contributed by atoms with Crippen molar-refractivity contribution in [2.45, 2.75) is 13.3 Å². The number of nitrogens with two attached hydrogens (primary N) is 1. The van der Waals surface area contributed by atoms with Crippen LogP contribution >= 0.6 is 11.6 Å². The summed E-state index contributed by atoms with van der Waals surface area (Å²) in [5.41, 5.74) is 7.66. The van der Waals surface area contributed by atoms with Crippen molar-refractivity contribution in [3.63, 3.8) is 0 Å². The number of hydrogen-bond acceptors (Lipinski definition) is 4. The molecule has 1 heterocycles. The fourth-order valence-corrected chi connectivity index (χ4v) is 1.91. The molecule has 0 aliphatic carbocycles.